The Balaban J connectivity index is 3.04. The molecule has 0 fully saturated rings. The Kier molecular flexibility index (Phi) is 2.73. The molecule has 0 amide bonds. The van der Waals surface area contributed by atoms with Crippen LogP contribution in [0.5, 0.6) is 0 Å². The Morgan fingerprint density at radius 2 is 2.07 bits per heavy atom. The third-order valence-electron chi connectivity index (χ3n) is 2.35. The quantitative estimate of drug-likeness (QED) is 0.675. The van der Waals surface area contributed by atoms with Gasteiger partial charge in [0.15, 0.2) is 5.96 Å². The van der Waals surface area contributed by atoms with E-state index < -0.39 is 0 Å². The summed E-state index contributed by atoms with van der Waals surface area (Å²) in [5.41, 5.74) is 5.79. The molecule has 0 aromatic heterocycles. The van der Waals surface area contributed by atoms with Crippen molar-refractivity contribution in [2.24, 2.45) is 10.7 Å². The molecule has 0 radical (unpaired) electrons. The maximum atomic E-state index is 5.89. The van der Waals surface area contributed by atoms with Crippen LogP contribution in [0.15, 0.2) is 16.9 Å². The summed E-state index contributed by atoms with van der Waals surface area (Å²) in [7, 11) is 5.95. The molecule has 80 valence electrons. The molecule has 4 nitrogen and oxygen atoms in total. The number of aliphatic imine (C=N–C) groups is 1. The minimum Gasteiger partial charge on any atom is -0.369 e. The molecule has 0 aliphatic carbocycles. The van der Waals surface area contributed by atoms with Crippen LogP contribution in [0.4, 0.5) is 0 Å². The largest absolute Gasteiger partial charge is 0.369 e. The summed E-state index contributed by atoms with van der Waals surface area (Å²) in [4.78, 5) is 8.42. The molecule has 0 spiro atoms. The van der Waals surface area contributed by atoms with Gasteiger partial charge in [0.2, 0.25) is 0 Å². The first kappa shape index (κ1) is 10.9. The van der Waals surface area contributed by atoms with Crippen molar-refractivity contribution in [1.82, 2.24) is 9.80 Å². The Labute approximate surface area is 86.1 Å². The second kappa shape index (κ2) is 3.52. The molecule has 0 saturated carbocycles. The maximum Gasteiger partial charge on any atom is 0.197 e. The zero-order chi connectivity index (χ0) is 10.9. The van der Waals surface area contributed by atoms with Crippen molar-refractivity contribution < 1.29 is 0 Å². The van der Waals surface area contributed by atoms with Crippen LogP contribution >= 0.6 is 0 Å². The van der Waals surface area contributed by atoms with E-state index in [1.54, 1.807) is 0 Å². The van der Waals surface area contributed by atoms with E-state index >= 15 is 0 Å². The number of nitrogens with two attached hydrogens (primary N) is 1. The standard InChI is InChI=1S/C10H20N4/c1-10(2)7-6-8(13(3)4)14(5)9(11)12-10/h6H,7H2,1-5H3,(H2,11,12). The molecule has 1 aliphatic rings. The highest BCUT2D eigenvalue weighted by molar-refractivity contribution is 5.80. The second-order valence-corrected chi connectivity index (χ2v) is 4.50. The Morgan fingerprint density at radius 1 is 1.50 bits per heavy atom. The highest BCUT2D eigenvalue weighted by atomic mass is 15.4. The second-order valence-electron chi connectivity index (χ2n) is 4.50. The predicted octanol–water partition coefficient (Wildman–Crippen LogP) is 0.818. The van der Waals surface area contributed by atoms with Gasteiger partial charge in [-0.15, -0.1) is 0 Å². The molecule has 1 aliphatic heterocycles. The van der Waals surface area contributed by atoms with Crippen molar-refractivity contribution in [2.45, 2.75) is 25.8 Å². The van der Waals surface area contributed by atoms with Crippen LogP contribution in [0, 0.1) is 0 Å². The molecular weight excluding hydrogens is 176 g/mol. The average Bonchev–Trinajstić information content (AvgIpc) is 2.10. The zero-order valence-corrected chi connectivity index (χ0v) is 9.70. The monoisotopic (exact) mass is 196 g/mol. The fourth-order valence-electron chi connectivity index (χ4n) is 1.51. The predicted molar refractivity (Wildman–Crippen MR) is 59.9 cm³/mol. The number of nitrogens with zero attached hydrogens (tertiary/aromatic N) is 3. The van der Waals surface area contributed by atoms with Gasteiger partial charge in [0, 0.05) is 21.1 Å². The lowest BCUT2D eigenvalue weighted by Gasteiger charge is -2.26. The molecule has 0 atom stereocenters. The topological polar surface area (TPSA) is 44.9 Å². The molecule has 1 heterocycles. The van der Waals surface area contributed by atoms with E-state index in [0.717, 1.165) is 12.2 Å². The zero-order valence-electron chi connectivity index (χ0n) is 9.70. The van der Waals surface area contributed by atoms with E-state index in [0.29, 0.717) is 5.96 Å². The summed E-state index contributed by atoms with van der Waals surface area (Å²) in [5.74, 6) is 1.67. The summed E-state index contributed by atoms with van der Waals surface area (Å²) < 4.78 is 0. The van der Waals surface area contributed by atoms with Gasteiger partial charge in [0.05, 0.1) is 5.54 Å². The summed E-state index contributed by atoms with van der Waals surface area (Å²) >= 11 is 0. The molecular formula is C10H20N4. The lowest BCUT2D eigenvalue weighted by atomic mass is 10.0. The number of hydrogen-bond donors (Lipinski definition) is 1. The minimum absolute atomic E-state index is 0.101. The fraction of sp³-hybridized carbons (Fsp3) is 0.700. The first-order valence-electron chi connectivity index (χ1n) is 4.80. The van der Waals surface area contributed by atoms with Crippen molar-refractivity contribution in [3.05, 3.63) is 11.9 Å². The first-order chi connectivity index (χ1) is 6.33. The average molecular weight is 196 g/mol. The van der Waals surface area contributed by atoms with Gasteiger partial charge in [0.25, 0.3) is 0 Å². The van der Waals surface area contributed by atoms with Crippen LogP contribution in [0.25, 0.3) is 0 Å². The fourth-order valence-corrected chi connectivity index (χ4v) is 1.51. The van der Waals surface area contributed by atoms with E-state index in [1.165, 1.54) is 0 Å². The van der Waals surface area contributed by atoms with Gasteiger partial charge in [-0.3, -0.25) is 0 Å². The Morgan fingerprint density at radius 3 is 2.57 bits per heavy atom. The van der Waals surface area contributed by atoms with E-state index in [2.05, 4.69) is 24.9 Å². The van der Waals surface area contributed by atoms with Crippen molar-refractivity contribution in [2.75, 3.05) is 21.1 Å². The van der Waals surface area contributed by atoms with E-state index in [1.807, 2.05) is 30.9 Å². The molecule has 0 bridgehead atoms. The normalized spacial score (nSPS) is 21.1. The van der Waals surface area contributed by atoms with E-state index in [4.69, 9.17) is 5.73 Å². The summed E-state index contributed by atoms with van der Waals surface area (Å²) in [6, 6.07) is 0. The smallest absolute Gasteiger partial charge is 0.197 e. The number of rotatable bonds is 1. The molecule has 0 saturated heterocycles. The molecule has 0 aromatic carbocycles. The molecule has 4 heteroatoms. The van der Waals surface area contributed by atoms with Crippen LogP contribution in [-0.4, -0.2) is 42.4 Å². The van der Waals surface area contributed by atoms with Gasteiger partial charge in [-0.2, -0.15) is 0 Å². The van der Waals surface area contributed by atoms with E-state index in [9.17, 15) is 0 Å². The third-order valence-corrected chi connectivity index (χ3v) is 2.35. The lowest BCUT2D eigenvalue weighted by Crippen LogP contribution is -2.38. The maximum absolute atomic E-state index is 5.89. The van der Waals surface area contributed by atoms with Gasteiger partial charge >= 0.3 is 0 Å². The van der Waals surface area contributed by atoms with Crippen molar-refractivity contribution >= 4 is 5.96 Å². The molecule has 1 rings (SSSR count). The van der Waals surface area contributed by atoms with Crippen molar-refractivity contribution in [3.8, 4) is 0 Å². The lowest BCUT2D eigenvalue weighted by molar-refractivity contribution is 0.386. The SMILES string of the molecule is CN(C)C1=CCC(C)(C)N=C(N)N1C. The van der Waals surface area contributed by atoms with Gasteiger partial charge in [-0.05, 0) is 26.3 Å². The van der Waals surface area contributed by atoms with Crippen LogP contribution in [0.3, 0.4) is 0 Å². The molecule has 0 unspecified atom stereocenters. The highest BCUT2D eigenvalue weighted by Crippen LogP contribution is 2.21. The van der Waals surface area contributed by atoms with Gasteiger partial charge < -0.3 is 15.5 Å². The summed E-state index contributed by atoms with van der Waals surface area (Å²) in [6.07, 6.45) is 3.08. The van der Waals surface area contributed by atoms with Crippen LogP contribution in [-0.2, 0) is 0 Å². The highest BCUT2D eigenvalue weighted by Gasteiger charge is 2.22. The molecule has 2 N–H and O–H groups in total. The summed E-state index contributed by atoms with van der Waals surface area (Å²) in [5, 5.41) is 0. The first-order valence-corrected chi connectivity index (χ1v) is 4.80. The van der Waals surface area contributed by atoms with E-state index in [-0.39, 0.29) is 5.54 Å². The molecule has 14 heavy (non-hydrogen) atoms. The number of guanidine groups is 1. The Bertz CT molecular complexity index is 276. The van der Waals surface area contributed by atoms with Crippen molar-refractivity contribution in [1.29, 1.82) is 0 Å². The summed E-state index contributed by atoms with van der Waals surface area (Å²) in [6.45, 7) is 4.17. The van der Waals surface area contributed by atoms with Crippen LogP contribution in [0.1, 0.15) is 20.3 Å². The van der Waals surface area contributed by atoms with Crippen molar-refractivity contribution in [3.63, 3.8) is 0 Å². The van der Waals surface area contributed by atoms with Gasteiger partial charge in [0.1, 0.15) is 5.82 Å². The third kappa shape index (κ3) is 2.19. The Hall–Kier alpha value is -1.19. The number of hydrogen-bond acceptors (Lipinski definition) is 4. The van der Waals surface area contributed by atoms with Gasteiger partial charge in [-0.1, -0.05) is 0 Å². The van der Waals surface area contributed by atoms with Crippen LogP contribution in [0.2, 0.25) is 0 Å². The molecule has 0 aromatic rings. The minimum atomic E-state index is -0.101. The van der Waals surface area contributed by atoms with Crippen LogP contribution < -0.4 is 5.73 Å². The van der Waals surface area contributed by atoms with Gasteiger partial charge in [-0.25, -0.2) is 4.99 Å².